The first-order valence-corrected chi connectivity index (χ1v) is 12.3. The van der Waals surface area contributed by atoms with E-state index in [1.54, 1.807) is 0 Å². The summed E-state index contributed by atoms with van der Waals surface area (Å²) in [7, 11) is -4.33. The third-order valence-corrected chi connectivity index (χ3v) is 6.60. The number of carbonyl (C=O) groups excluding carboxylic acids is 1. The van der Waals surface area contributed by atoms with Crippen molar-refractivity contribution in [3.05, 3.63) is 60.2 Å². The quantitative estimate of drug-likeness (QED) is 0.483. The number of carbonyl (C=O) groups is 1. The third kappa shape index (κ3) is 4.65. The van der Waals surface area contributed by atoms with Gasteiger partial charge in [0, 0.05) is 11.5 Å². The predicted octanol–water partition coefficient (Wildman–Crippen LogP) is 4.06. The lowest BCUT2D eigenvalue weighted by atomic mass is 9.76. The van der Waals surface area contributed by atoms with E-state index in [2.05, 4.69) is 6.08 Å². The Morgan fingerprint density at radius 2 is 1.61 bits per heavy atom. The predicted molar refractivity (Wildman–Crippen MR) is 124 cm³/mol. The number of fused-ring (bicyclic) bond motifs is 1. The molecular formula is C24H26N2O6S. The highest BCUT2D eigenvalue weighted by Gasteiger charge is 2.40. The maximum atomic E-state index is 13.3. The maximum absolute atomic E-state index is 13.3. The Balaban J connectivity index is 1.79. The summed E-state index contributed by atoms with van der Waals surface area (Å²) in [6.45, 7) is 4.80. The first kappa shape index (κ1) is 23.0. The summed E-state index contributed by atoms with van der Waals surface area (Å²) in [5.74, 6) is 0.745. The van der Waals surface area contributed by atoms with Crippen LogP contribution in [-0.4, -0.2) is 37.8 Å². The number of hydrogen-bond donors (Lipinski definition) is 1. The molecule has 4 rings (SSSR count). The van der Waals surface area contributed by atoms with E-state index in [1.165, 1.54) is 29.3 Å². The Morgan fingerprint density at radius 1 is 0.970 bits per heavy atom. The average Bonchev–Trinajstić information content (AvgIpc) is 2.81. The molecule has 0 bridgehead atoms. The van der Waals surface area contributed by atoms with E-state index in [4.69, 9.17) is 14.6 Å². The molecule has 1 aliphatic carbocycles. The lowest BCUT2D eigenvalue weighted by molar-refractivity contribution is -0.123. The Labute approximate surface area is 193 Å². The molecule has 8 nitrogen and oxygen atoms in total. The van der Waals surface area contributed by atoms with Crippen molar-refractivity contribution < 1.29 is 27.2 Å². The van der Waals surface area contributed by atoms with Crippen LogP contribution in [0.3, 0.4) is 0 Å². The van der Waals surface area contributed by atoms with Crippen LogP contribution < -0.4 is 14.5 Å². The molecule has 0 spiro atoms. The molecule has 1 N–H and O–H groups in total. The minimum Gasteiger partial charge on any atom is -0.490 e. The minimum atomic E-state index is -4.33. The van der Waals surface area contributed by atoms with Gasteiger partial charge >= 0.3 is 0 Å². The number of hydrogen-bond acceptors (Lipinski definition) is 6. The molecule has 1 heterocycles. The molecule has 2 aromatic carbocycles. The van der Waals surface area contributed by atoms with Gasteiger partial charge in [0.15, 0.2) is 11.5 Å². The number of rotatable bonds is 7. The fourth-order valence-corrected chi connectivity index (χ4v) is 4.68. The van der Waals surface area contributed by atoms with E-state index < -0.39 is 10.1 Å². The second-order valence-electron chi connectivity index (χ2n) is 7.79. The molecule has 0 saturated heterocycles. The molecule has 1 aliphatic heterocycles. The van der Waals surface area contributed by atoms with Crippen LogP contribution in [0.15, 0.2) is 64.6 Å². The van der Waals surface area contributed by atoms with Gasteiger partial charge in [-0.05, 0) is 69.2 Å². The summed E-state index contributed by atoms with van der Waals surface area (Å²) in [5, 5.41) is 6.03. The number of ether oxygens (including phenoxy) is 2. The largest absolute Gasteiger partial charge is 0.490 e. The van der Waals surface area contributed by atoms with Gasteiger partial charge in [-0.1, -0.05) is 12.2 Å². The van der Waals surface area contributed by atoms with Crippen LogP contribution >= 0.6 is 0 Å². The standard InChI is InChI=1S/C24H26N2O6S/c1-3-31-21-14-9-16(15-22(21)32-4-2)23-19-7-5-6-8-20(19)24(27)26(25-23)17-10-12-18(13-11-17)33(28,29)30/h5-6,9-15,19-20H,3-4,7-8H2,1-2H3,(H,28,29,30)/t19-,20+/m1/s1. The summed E-state index contributed by atoms with van der Waals surface area (Å²) in [6.07, 6.45) is 5.36. The zero-order chi connectivity index (χ0) is 23.6. The van der Waals surface area contributed by atoms with Crippen molar-refractivity contribution in [3.8, 4) is 11.5 Å². The highest BCUT2D eigenvalue weighted by Crippen LogP contribution is 2.38. The Kier molecular flexibility index (Phi) is 6.53. The van der Waals surface area contributed by atoms with E-state index in [0.717, 1.165) is 11.3 Å². The first-order valence-electron chi connectivity index (χ1n) is 10.9. The first-order chi connectivity index (χ1) is 15.8. The topological polar surface area (TPSA) is 106 Å². The molecule has 0 saturated carbocycles. The number of allylic oxidation sites excluding steroid dienone is 2. The molecule has 174 valence electrons. The van der Waals surface area contributed by atoms with E-state index >= 15 is 0 Å². The van der Waals surface area contributed by atoms with Gasteiger partial charge < -0.3 is 9.47 Å². The van der Waals surface area contributed by atoms with E-state index in [-0.39, 0.29) is 22.6 Å². The molecule has 33 heavy (non-hydrogen) atoms. The monoisotopic (exact) mass is 470 g/mol. The molecule has 0 radical (unpaired) electrons. The lowest BCUT2D eigenvalue weighted by Crippen LogP contribution is -2.45. The van der Waals surface area contributed by atoms with Crippen LogP contribution in [0.1, 0.15) is 32.3 Å². The zero-order valence-corrected chi connectivity index (χ0v) is 19.3. The van der Waals surface area contributed by atoms with Crippen LogP contribution in [0.4, 0.5) is 5.69 Å². The number of hydrazone groups is 1. The second kappa shape index (κ2) is 9.36. The Morgan fingerprint density at radius 3 is 2.24 bits per heavy atom. The van der Waals surface area contributed by atoms with Gasteiger partial charge in [0.1, 0.15) is 0 Å². The van der Waals surface area contributed by atoms with Crippen molar-refractivity contribution in [2.24, 2.45) is 16.9 Å². The van der Waals surface area contributed by atoms with Crippen LogP contribution in [-0.2, 0) is 14.9 Å². The number of nitrogens with zero attached hydrogens (tertiary/aromatic N) is 2. The van der Waals surface area contributed by atoms with Crippen LogP contribution in [0.5, 0.6) is 11.5 Å². The van der Waals surface area contributed by atoms with Crippen molar-refractivity contribution >= 4 is 27.4 Å². The fraction of sp³-hybridized carbons (Fsp3) is 0.333. The lowest BCUT2D eigenvalue weighted by Gasteiger charge is -2.37. The molecule has 0 fully saturated rings. The van der Waals surface area contributed by atoms with Crippen molar-refractivity contribution in [2.75, 3.05) is 18.2 Å². The van der Waals surface area contributed by atoms with E-state index in [0.29, 0.717) is 43.2 Å². The Bertz CT molecular complexity index is 1200. The fourth-order valence-electron chi connectivity index (χ4n) is 4.20. The summed E-state index contributed by atoms with van der Waals surface area (Å²) >= 11 is 0. The van der Waals surface area contributed by atoms with Crippen LogP contribution in [0, 0.1) is 11.8 Å². The Hall–Kier alpha value is -3.17. The van der Waals surface area contributed by atoms with Crippen molar-refractivity contribution in [2.45, 2.75) is 31.6 Å². The average molecular weight is 471 g/mol. The number of benzene rings is 2. The number of amides is 1. The zero-order valence-electron chi connectivity index (χ0n) is 18.5. The van der Waals surface area contributed by atoms with Gasteiger partial charge in [0.2, 0.25) is 0 Å². The molecule has 2 atom stereocenters. The SMILES string of the molecule is CCOc1ccc(C2=NN(c3ccc(S(=O)(=O)O)cc3)C(=O)[C@H]3CC=CC[C@@H]23)cc1OCC. The van der Waals surface area contributed by atoms with Crippen LogP contribution in [0.2, 0.25) is 0 Å². The van der Waals surface area contributed by atoms with Gasteiger partial charge in [-0.3, -0.25) is 9.35 Å². The summed E-state index contributed by atoms with van der Waals surface area (Å²) in [4.78, 5) is 13.1. The van der Waals surface area contributed by atoms with Crippen molar-refractivity contribution in [1.29, 1.82) is 0 Å². The molecule has 0 unspecified atom stereocenters. The molecule has 1 amide bonds. The van der Waals surface area contributed by atoms with Gasteiger partial charge in [-0.25, -0.2) is 5.01 Å². The van der Waals surface area contributed by atoms with Crippen molar-refractivity contribution in [3.63, 3.8) is 0 Å². The molecular weight excluding hydrogens is 444 g/mol. The number of anilines is 1. The maximum Gasteiger partial charge on any atom is 0.294 e. The van der Waals surface area contributed by atoms with Crippen LogP contribution in [0.25, 0.3) is 0 Å². The molecule has 2 aliphatic rings. The van der Waals surface area contributed by atoms with E-state index in [9.17, 15) is 17.8 Å². The summed E-state index contributed by atoms with van der Waals surface area (Å²) in [5.41, 5.74) is 2.01. The highest BCUT2D eigenvalue weighted by molar-refractivity contribution is 7.85. The third-order valence-electron chi connectivity index (χ3n) is 5.74. The van der Waals surface area contributed by atoms with Gasteiger partial charge in [-0.2, -0.15) is 13.5 Å². The molecule has 2 aromatic rings. The second-order valence-corrected chi connectivity index (χ2v) is 9.21. The van der Waals surface area contributed by atoms with Gasteiger partial charge in [0.25, 0.3) is 16.0 Å². The summed E-state index contributed by atoms with van der Waals surface area (Å²) < 4.78 is 43.5. The van der Waals surface area contributed by atoms with E-state index in [1.807, 2.05) is 38.1 Å². The minimum absolute atomic E-state index is 0.0803. The van der Waals surface area contributed by atoms with Gasteiger partial charge in [0.05, 0.1) is 35.4 Å². The van der Waals surface area contributed by atoms with Gasteiger partial charge in [-0.15, -0.1) is 0 Å². The molecule has 9 heteroatoms. The molecule has 0 aromatic heterocycles. The summed E-state index contributed by atoms with van der Waals surface area (Å²) in [6, 6.07) is 11.1. The highest BCUT2D eigenvalue weighted by atomic mass is 32.2. The smallest absolute Gasteiger partial charge is 0.294 e. The van der Waals surface area contributed by atoms with Crippen molar-refractivity contribution in [1.82, 2.24) is 0 Å². The normalized spacial score (nSPS) is 20.3.